The van der Waals surface area contributed by atoms with Gasteiger partial charge in [-0.3, -0.25) is 4.79 Å². The van der Waals surface area contributed by atoms with Crippen LogP contribution < -0.4 is 4.74 Å². The Bertz CT molecular complexity index is 457. The van der Waals surface area contributed by atoms with Crippen LogP contribution in [0.5, 0.6) is 5.75 Å². The molecule has 0 aromatic heterocycles. The van der Waals surface area contributed by atoms with Crippen LogP contribution in [0.3, 0.4) is 0 Å². The molecule has 0 N–H and O–H groups in total. The number of esters is 2. The molecule has 0 atom stereocenters. The Labute approximate surface area is 113 Å². The van der Waals surface area contributed by atoms with Crippen LogP contribution in [0.15, 0.2) is 24.3 Å². The Morgan fingerprint density at radius 2 is 1.79 bits per heavy atom. The maximum absolute atomic E-state index is 11.8. The topological polar surface area (TPSA) is 52.6 Å². The summed E-state index contributed by atoms with van der Waals surface area (Å²) in [4.78, 5) is 23.7. The number of hydrogen-bond donors (Lipinski definition) is 0. The second-order valence-corrected chi connectivity index (χ2v) is 5.27. The van der Waals surface area contributed by atoms with Gasteiger partial charge in [0.05, 0.1) is 12.0 Å². The molecule has 0 fully saturated rings. The van der Waals surface area contributed by atoms with E-state index in [-0.39, 0.29) is 17.3 Å². The van der Waals surface area contributed by atoms with Crippen molar-refractivity contribution in [2.24, 2.45) is 5.41 Å². The van der Waals surface area contributed by atoms with Crippen LogP contribution in [-0.2, 0) is 9.53 Å². The number of rotatable bonds is 4. The van der Waals surface area contributed by atoms with E-state index >= 15 is 0 Å². The molecule has 0 spiro atoms. The molecular formula is C15H20O4. The molecule has 0 aliphatic heterocycles. The smallest absolute Gasteiger partial charge is 0.341 e. The van der Waals surface area contributed by atoms with Gasteiger partial charge in [-0.1, -0.05) is 19.1 Å². The third-order valence-electron chi connectivity index (χ3n) is 2.36. The number of carbonyl (C=O) groups is 2. The molecule has 0 radical (unpaired) electrons. The molecule has 19 heavy (non-hydrogen) atoms. The van der Waals surface area contributed by atoms with E-state index in [0.29, 0.717) is 6.61 Å². The Morgan fingerprint density at radius 3 is 2.37 bits per heavy atom. The molecule has 1 aromatic rings. The lowest BCUT2D eigenvalue weighted by Crippen LogP contribution is -2.26. The summed E-state index contributed by atoms with van der Waals surface area (Å²) in [5.74, 6) is -0.620. The summed E-state index contributed by atoms with van der Waals surface area (Å²) in [5.41, 5.74) is -0.353. The summed E-state index contributed by atoms with van der Waals surface area (Å²) >= 11 is 0. The quantitative estimate of drug-likeness (QED) is 0.619. The molecule has 0 unspecified atom stereocenters. The predicted molar refractivity (Wildman–Crippen MR) is 72.1 cm³/mol. The average molecular weight is 264 g/mol. The van der Waals surface area contributed by atoms with E-state index < -0.39 is 11.4 Å². The third kappa shape index (κ3) is 4.39. The SMILES string of the molecule is CCCOC(=O)c1ccccc1OC(=O)C(C)(C)C. The van der Waals surface area contributed by atoms with Gasteiger partial charge in [0.15, 0.2) is 0 Å². The predicted octanol–water partition coefficient (Wildman–Crippen LogP) is 3.20. The van der Waals surface area contributed by atoms with Crippen LogP contribution in [0.1, 0.15) is 44.5 Å². The highest BCUT2D eigenvalue weighted by Crippen LogP contribution is 2.23. The van der Waals surface area contributed by atoms with Crippen LogP contribution in [0, 0.1) is 5.41 Å². The van der Waals surface area contributed by atoms with E-state index in [2.05, 4.69) is 0 Å². The molecule has 0 saturated heterocycles. The maximum atomic E-state index is 11.8. The lowest BCUT2D eigenvalue weighted by molar-refractivity contribution is -0.143. The van der Waals surface area contributed by atoms with E-state index in [1.165, 1.54) is 0 Å². The highest BCUT2D eigenvalue weighted by Gasteiger charge is 2.25. The lowest BCUT2D eigenvalue weighted by Gasteiger charge is -2.17. The van der Waals surface area contributed by atoms with Crippen molar-refractivity contribution in [1.82, 2.24) is 0 Å². The van der Waals surface area contributed by atoms with E-state index in [9.17, 15) is 9.59 Å². The van der Waals surface area contributed by atoms with Crippen molar-refractivity contribution in [2.75, 3.05) is 6.61 Å². The molecule has 1 rings (SSSR count). The lowest BCUT2D eigenvalue weighted by atomic mass is 9.97. The van der Waals surface area contributed by atoms with Crippen molar-refractivity contribution in [3.63, 3.8) is 0 Å². The molecule has 104 valence electrons. The summed E-state index contributed by atoms with van der Waals surface area (Å²) < 4.78 is 10.3. The van der Waals surface area contributed by atoms with Crippen LogP contribution in [0.2, 0.25) is 0 Å². The Hall–Kier alpha value is -1.84. The Balaban J connectivity index is 2.90. The van der Waals surface area contributed by atoms with Crippen molar-refractivity contribution in [3.05, 3.63) is 29.8 Å². The minimum Gasteiger partial charge on any atom is -0.462 e. The first-order chi connectivity index (χ1) is 8.86. The first-order valence-electron chi connectivity index (χ1n) is 6.34. The number of ether oxygens (including phenoxy) is 2. The zero-order valence-electron chi connectivity index (χ0n) is 11.9. The molecule has 4 nitrogen and oxygen atoms in total. The van der Waals surface area contributed by atoms with E-state index in [1.54, 1.807) is 45.0 Å². The Morgan fingerprint density at radius 1 is 1.16 bits per heavy atom. The minimum atomic E-state index is -0.625. The fourth-order valence-corrected chi connectivity index (χ4v) is 1.25. The number of hydrogen-bond acceptors (Lipinski definition) is 4. The molecule has 0 amide bonds. The van der Waals surface area contributed by atoms with Gasteiger partial charge in [-0.25, -0.2) is 4.79 Å². The average Bonchev–Trinajstić information content (AvgIpc) is 2.35. The van der Waals surface area contributed by atoms with Crippen LogP contribution >= 0.6 is 0 Å². The summed E-state index contributed by atoms with van der Waals surface area (Å²) in [5, 5.41) is 0. The first kappa shape index (κ1) is 15.2. The second-order valence-electron chi connectivity index (χ2n) is 5.27. The summed E-state index contributed by atoms with van der Waals surface area (Å²) in [6.45, 7) is 7.53. The van der Waals surface area contributed by atoms with Crippen molar-refractivity contribution in [2.45, 2.75) is 34.1 Å². The highest BCUT2D eigenvalue weighted by atomic mass is 16.5. The van der Waals surface area contributed by atoms with Gasteiger partial charge in [0.25, 0.3) is 0 Å². The minimum absolute atomic E-state index is 0.239. The van der Waals surface area contributed by atoms with Crippen molar-refractivity contribution < 1.29 is 19.1 Å². The molecule has 0 heterocycles. The normalized spacial score (nSPS) is 10.9. The van der Waals surface area contributed by atoms with E-state index in [4.69, 9.17) is 9.47 Å². The Kier molecular flexibility index (Phi) is 5.10. The molecule has 0 aliphatic carbocycles. The van der Waals surface area contributed by atoms with Crippen molar-refractivity contribution in [1.29, 1.82) is 0 Å². The molecule has 0 aliphatic rings. The van der Waals surface area contributed by atoms with Crippen LogP contribution in [-0.4, -0.2) is 18.5 Å². The van der Waals surface area contributed by atoms with Crippen molar-refractivity contribution in [3.8, 4) is 5.75 Å². The fourth-order valence-electron chi connectivity index (χ4n) is 1.25. The largest absolute Gasteiger partial charge is 0.462 e. The monoisotopic (exact) mass is 264 g/mol. The number of para-hydroxylation sites is 1. The zero-order chi connectivity index (χ0) is 14.5. The summed E-state index contributed by atoms with van der Waals surface area (Å²) in [6, 6.07) is 6.59. The molecule has 1 aromatic carbocycles. The highest BCUT2D eigenvalue weighted by molar-refractivity contribution is 5.93. The van der Waals surface area contributed by atoms with E-state index in [0.717, 1.165) is 6.42 Å². The molecule has 0 bridgehead atoms. The van der Waals surface area contributed by atoms with Gasteiger partial charge in [0.1, 0.15) is 11.3 Å². The summed E-state index contributed by atoms with van der Waals surface area (Å²) in [7, 11) is 0. The van der Waals surface area contributed by atoms with Gasteiger partial charge in [-0.15, -0.1) is 0 Å². The number of benzene rings is 1. The van der Waals surface area contributed by atoms with Gasteiger partial charge in [0, 0.05) is 0 Å². The summed E-state index contributed by atoms with van der Waals surface area (Å²) in [6.07, 6.45) is 0.746. The first-order valence-corrected chi connectivity index (χ1v) is 6.34. The third-order valence-corrected chi connectivity index (χ3v) is 2.36. The zero-order valence-corrected chi connectivity index (χ0v) is 11.9. The van der Waals surface area contributed by atoms with Gasteiger partial charge >= 0.3 is 11.9 Å². The second kappa shape index (κ2) is 6.36. The van der Waals surface area contributed by atoms with Gasteiger partial charge < -0.3 is 9.47 Å². The molecule has 0 saturated carbocycles. The van der Waals surface area contributed by atoms with E-state index in [1.807, 2.05) is 6.92 Å². The number of carbonyl (C=O) groups excluding carboxylic acids is 2. The maximum Gasteiger partial charge on any atom is 0.341 e. The van der Waals surface area contributed by atoms with Crippen LogP contribution in [0.25, 0.3) is 0 Å². The van der Waals surface area contributed by atoms with Gasteiger partial charge in [-0.2, -0.15) is 0 Å². The van der Waals surface area contributed by atoms with Crippen LogP contribution in [0.4, 0.5) is 0 Å². The molecule has 4 heteroatoms. The molecular weight excluding hydrogens is 244 g/mol. The van der Waals surface area contributed by atoms with Crippen molar-refractivity contribution >= 4 is 11.9 Å². The standard InChI is InChI=1S/C15H20O4/c1-5-10-18-13(16)11-8-6-7-9-12(11)19-14(17)15(2,3)4/h6-9H,5,10H2,1-4H3. The van der Waals surface area contributed by atoms with Gasteiger partial charge in [-0.05, 0) is 39.3 Å². The fraction of sp³-hybridized carbons (Fsp3) is 0.467. The van der Waals surface area contributed by atoms with Gasteiger partial charge in [0.2, 0.25) is 0 Å².